The summed E-state index contributed by atoms with van der Waals surface area (Å²) in [5.41, 5.74) is 8.31. The van der Waals surface area contributed by atoms with Crippen molar-refractivity contribution in [3.63, 3.8) is 0 Å². The average Bonchev–Trinajstić information content (AvgIpc) is 2.59. The molecule has 0 saturated heterocycles. The Labute approximate surface area is 82.2 Å². The predicted molar refractivity (Wildman–Crippen MR) is 59.3 cm³/mol. The molecule has 0 radical (unpaired) electrons. The maximum atomic E-state index is 5.56. The number of hydrogen-bond donors (Lipinski definition) is 1. The van der Waals surface area contributed by atoms with Crippen molar-refractivity contribution in [2.24, 2.45) is 5.73 Å². The van der Waals surface area contributed by atoms with Gasteiger partial charge in [-0.3, -0.25) is 0 Å². The second-order valence-corrected chi connectivity index (χ2v) is 4.16. The second-order valence-electron chi connectivity index (χ2n) is 3.24. The minimum Gasteiger partial charge on any atom is -0.330 e. The summed E-state index contributed by atoms with van der Waals surface area (Å²) in [6, 6.07) is 6.57. The lowest BCUT2D eigenvalue weighted by atomic mass is 10.1. The van der Waals surface area contributed by atoms with Crippen LogP contribution in [0.1, 0.15) is 11.1 Å². The van der Waals surface area contributed by atoms with E-state index in [9.17, 15) is 0 Å². The SMILES string of the molecule is Cc1ccc(CCN)c2ccsc12. The summed E-state index contributed by atoms with van der Waals surface area (Å²) in [4.78, 5) is 0. The molecule has 0 aliphatic carbocycles. The van der Waals surface area contributed by atoms with Crippen molar-refractivity contribution in [1.82, 2.24) is 0 Å². The van der Waals surface area contributed by atoms with Gasteiger partial charge in [0, 0.05) is 4.70 Å². The number of thiophene rings is 1. The monoisotopic (exact) mass is 191 g/mol. The summed E-state index contributed by atoms with van der Waals surface area (Å²) in [5.74, 6) is 0. The van der Waals surface area contributed by atoms with Crippen LogP contribution in [-0.4, -0.2) is 6.54 Å². The van der Waals surface area contributed by atoms with Gasteiger partial charge in [0.1, 0.15) is 0 Å². The van der Waals surface area contributed by atoms with E-state index in [-0.39, 0.29) is 0 Å². The van der Waals surface area contributed by atoms with Gasteiger partial charge in [0.25, 0.3) is 0 Å². The zero-order valence-electron chi connectivity index (χ0n) is 7.71. The van der Waals surface area contributed by atoms with E-state index in [0.29, 0.717) is 0 Å². The van der Waals surface area contributed by atoms with Gasteiger partial charge in [-0.1, -0.05) is 12.1 Å². The molecule has 2 heteroatoms. The maximum Gasteiger partial charge on any atom is 0.0374 e. The van der Waals surface area contributed by atoms with Gasteiger partial charge in [0.2, 0.25) is 0 Å². The molecule has 13 heavy (non-hydrogen) atoms. The van der Waals surface area contributed by atoms with Gasteiger partial charge in [-0.25, -0.2) is 0 Å². The van der Waals surface area contributed by atoms with Crippen LogP contribution in [0.25, 0.3) is 10.1 Å². The lowest BCUT2D eigenvalue weighted by Gasteiger charge is -2.02. The molecule has 2 aromatic rings. The van der Waals surface area contributed by atoms with E-state index in [0.717, 1.165) is 13.0 Å². The molecular weight excluding hydrogens is 178 g/mol. The van der Waals surface area contributed by atoms with Gasteiger partial charge in [-0.15, -0.1) is 11.3 Å². The molecule has 0 saturated carbocycles. The highest BCUT2D eigenvalue weighted by Gasteiger charge is 2.03. The van der Waals surface area contributed by atoms with Crippen molar-refractivity contribution < 1.29 is 0 Å². The molecule has 1 nitrogen and oxygen atoms in total. The summed E-state index contributed by atoms with van der Waals surface area (Å²) in [7, 11) is 0. The van der Waals surface area contributed by atoms with Crippen molar-refractivity contribution >= 4 is 21.4 Å². The first-order valence-corrected chi connectivity index (χ1v) is 5.36. The van der Waals surface area contributed by atoms with Crippen molar-refractivity contribution in [3.8, 4) is 0 Å². The number of hydrogen-bond acceptors (Lipinski definition) is 2. The fourth-order valence-corrected chi connectivity index (χ4v) is 2.55. The molecule has 1 heterocycles. The van der Waals surface area contributed by atoms with E-state index < -0.39 is 0 Å². The Morgan fingerprint density at radius 1 is 1.31 bits per heavy atom. The lowest BCUT2D eigenvalue weighted by molar-refractivity contribution is 0.977. The highest BCUT2D eigenvalue weighted by molar-refractivity contribution is 7.17. The summed E-state index contributed by atoms with van der Waals surface area (Å²) in [6.07, 6.45) is 0.980. The quantitative estimate of drug-likeness (QED) is 0.776. The first kappa shape index (κ1) is 8.73. The van der Waals surface area contributed by atoms with Crippen molar-refractivity contribution in [2.45, 2.75) is 13.3 Å². The number of nitrogens with two attached hydrogens (primary N) is 1. The molecule has 0 amide bonds. The number of aryl methyl sites for hydroxylation is 1. The van der Waals surface area contributed by atoms with E-state index in [2.05, 4.69) is 30.5 Å². The molecule has 68 valence electrons. The molecule has 2 N–H and O–H groups in total. The average molecular weight is 191 g/mol. The zero-order chi connectivity index (χ0) is 9.26. The van der Waals surface area contributed by atoms with E-state index >= 15 is 0 Å². The summed E-state index contributed by atoms with van der Waals surface area (Å²) < 4.78 is 1.41. The molecule has 0 atom stereocenters. The molecular formula is C11H13NS. The minimum absolute atomic E-state index is 0.730. The van der Waals surface area contributed by atoms with Gasteiger partial charge in [0.15, 0.2) is 0 Å². The first-order chi connectivity index (χ1) is 6.33. The molecule has 0 aliphatic heterocycles. The molecule has 0 unspecified atom stereocenters. The van der Waals surface area contributed by atoms with Gasteiger partial charge in [-0.05, 0) is 47.8 Å². The highest BCUT2D eigenvalue weighted by atomic mass is 32.1. The van der Waals surface area contributed by atoms with Gasteiger partial charge < -0.3 is 5.73 Å². The Morgan fingerprint density at radius 3 is 2.92 bits per heavy atom. The lowest BCUT2D eigenvalue weighted by Crippen LogP contribution is -2.02. The minimum atomic E-state index is 0.730. The largest absolute Gasteiger partial charge is 0.330 e. The molecule has 0 aliphatic rings. The molecule has 0 spiro atoms. The van der Waals surface area contributed by atoms with Gasteiger partial charge in [-0.2, -0.15) is 0 Å². The molecule has 0 bridgehead atoms. The van der Waals surface area contributed by atoms with E-state index in [1.54, 1.807) is 0 Å². The van der Waals surface area contributed by atoms with Crippen LogP contribution in [0.3, 0.4) is 0 Å². The number of rotatable bonds is 2. The highest BCUT2D eigenvalue weighted by Crippen LogP contribution is 2.27. The van der Waals surface area contributed by atoms with Crippen LogP contribution in [0.4, 0.5) is 0 Å². The van der Waals surface area contributed by atoms with Crippen LogP contribution < -0.4 is 5.73 Å². The summed E-state index contributed by atoms with van der Waals surface area (Å²) in [5, 5.41) is 3.54. The maximum absolute atomic E-state index is 5.56. The summed E-state index contributed by atoms with van der Waals surface area (Å²) in [6.45, 7) is 2.89. The molecule has 1 aromatic heterocycles. The van der Waals surface area contributed by atoms with Crippen LogP contribution in [0.2, 0.25) is 0 Å². The van der Waals surface area contributed by atoms with Crippen molar-refractivity contribution in [2.75, 3.05) is 6.54 Å². The number of benzene rings is 1. The van der Waals surface area contributed by atoms with Crippen LogP contribution in [0.15, 0.2) is 23.6 Å². The standard InChI is InChI=1S/C11H13NS/c1-8-2-3-9(4-6-12)10-5-7-13-11(8)10/h2-3,5,7H,4,6,12H2,1H3. The summed E-state index contributed by atoms with van der Waals surface area (Å²) >= 11 is 1.81. The Balaban J connectivity index is 2.64. The normalized spacial score (nSPS) is 10.9. The third-order valence-electron chi connectivity index (χ3n) is 2.32. The molecule has 0 fully saturated rings. The van der Waals surface area contributed by atoms with Crippen LogP contribution in [0.5, 0.6) is 0 Å². The number of fused-ring (bicyclic) bond motifs is 1. The first-order valence-electron chi connectivity index (χ1n) is 4.48. The second kappa shape index (κ2) is 3.48. The Kier molecular flexibility index (Phi) is 2.34. The molecule has 1 aromatic carbocycles. The van der Waals surface area contributed by atoms with Crippen LogP contribution >= 0.6 is 11.3 Å². The van der Waals surface area contributed by atoms with Crippen molar-refractivity contribution in [1.29, 1.82) is 0 Å². The topological polar surface area (TPSA) is 26.0 Å². The smallest absolute Gasteiger partial charge is 0.0374 e. The van der Waals surface area contributed by atoms with E-state index in [1.165, 1.54) is 21.2 Å². The third kappa shape index (κ3) is 1.47. The fourth-order valence-electron chi connectivity index (χ4n) is 1.63. The third-order valence-corrected chi connectivity index (χ3v) is 3.37. The van der Waals surface area contributed by atoms with Gasteiger partial charge >= 0.3 is 0 Å². The van der Waals surface area contributed by atoms with E-state index in [4.69, 9.17) is 5.73 Å². The Hall–Kier alpha value is -0.860. The predicted octanol–water partition coefficient (Wildman–Crippen LogP) is 2.71. The van der Waals surface area contributed by atoms with Crippen LogP contribution in [0, 0.1) is 6.92 Å². The van der Waals surface area contributed by atoms with Gasteiger partial charge in [0.05, 0.1) is 0 Å². The Bertz CT molecular complexity index is 417. The fraction of sp³-hybridized carbons (Fsp3) is 0.273. The molecule has 2 rings (SSSR count). The van der Waals surface area contributed by atoms with Crippen LogP contribution in [-0.2, 0) is 6.42 Å². The van der Waals surface area contributed by atoms with E-state index in [1.807, 2.05) is 11.3 Å². The zero-order valence-corrected chi connectivity index (χ0v) is 8.53. The Morgan fingerprint density at radius 2 is 2.15 bits per heavy atom. The van der Waals surface area contributed by atoms with Crippen molar-refractivity contribution in [3.05, 3.63) is 34.7 Å².